The number of nitrogens with one attached hydrogen (secondary N) is 1. The number of carbonyl (C=O) groups excluding carboxylic acids is 1. The standard InChI is InChI=1S/C22H21F3N4O2/c1-14-19(13-27-29(14)20-10-9-15(12-26-20)22(23,24)25)21(30)28-16-5-4-8-18(11-16)31-17-6-2-3-7-17/h4-5,8-13,17H,2-3,6-7H2,1H3,(H,28,30). The first-order valence-electron chi connectivity index (χ1n) is 9.97. The van der Waals surface area contributed by atoms with E-state index in [1.165, 1.54) is 16.9 Å². The van der Waals surface area contributed by atoms with E-state index in [1.54, 1.807) is 19.1 Å². The number of amides is 1. The monoisotopic (exact) mass is 430 g/mol. The lowest BCUT2D eigenvalue weighted by molar-refractivity contribution is -0.137. The highest BCUT2D eigenvalue weighted by Gasteiger charge is 2.31. The molecule has 0 aliphatic heterocycles. The molecule has 2 aromatic heterocycles. The van der Waals surface area contributed by atoms with Gasteiger partial charge in [-0.3, -0.25) is 4.79 Å². The van der Waals surface area contributed by atoms with Crippen LogP contribution in [0.5, 0.6) is 5.75 Å². The van der Waals surface area contributed by atoms with Crippen LogP contribution in [-0.2, 0) is 6.18 Å². The summed E-state index contributed by atoms with van der Waals surface area (Å²) in [7, 11) is 0. The number of carbonyl (C=O) groups is 1. The summed E-state index contributed by atoms with van der Waals surface area (Å²) in [5.41, 5.74) is 0.492. The van der Waals surface area contributed by atoms with Gasteiger partial charge in [-0.15, -0.1) is 0 Å². The van der Waals surface area contributed by atoms with Crippen LogP contribution < -0.4 is 10.1 Å². The van der Waals surface area contributed by atoms with Crippen molar-refractivity contribution in [1.29, 1.82) is 0 Å². The summed E-state index contributed by atoms with van der Waals surface area (Å²) in [6.07, 6.45) is 2.25. The average Bonchev–Trinajstić information content (AvgIpc) is 3.37. The van der Waals surface area contributed by atoms with E-state index in [9.17, 15) is 18.0 Å². The number of halogens is 3. The highest BCUT2D eigenvalue weighted by atomic mass is 19.4. The van der Waals surface area contributed by atoms with E-state index < -0.39 is 11.7 Å². The highest BCUT2D eigenvalue weighted by molar-refractivity contribution is 6.05. The number of hydrogen-bond acceptors (Lipinski definition) is 4. The first-order valence-corrected chi connectivity index (χ1v) is 9.97. The molecule has 31 heavy (non-hydrogen) atoms. The van der Waals surface area contributed by atoms with Crippen molar-refractivity contribution in [3.63, 3.8) is 0 Å². The van der Waals surface area contributed by atoms with Gasteiger partial charge < -0.3 is 10.1 Å². The smallest absolute Gasteiger partial charge is 0.417 e. The SMILES string of the molecule is Cc1c(C(=O)Nc2cccc(OC3CCCC3)c2)cnn1-c1ccc(C(F)(F)F)cn1. The molecule has 1 aromatic carbocycles. The molecule has 0 radical (unpaired) electrons. The second kappa shape index (κ2) is 8.41. The maximum Gasteiger partial charge on any atom is 0.417 e. The summed E-state index contributed by atoms with van der Waals surface area (Å²) in [6.45, 7) is 1.65. The second-order valence-electron chi connectivity index (χ2n) is 7.46. The Bertz CT molecular complexity index is 1070. The third-order valence-electron chi connectivity index (χ3n) is 5.24. The van der Waals surface area contributed by atoms with Gasteiger partial charge in [0.25, 0.3) is 5.91 Å². The van der Waals surface area contributed by atoms with E-state index >= 15 is 0 Å². The zero-order valence-electron chi connectivity index (χ0n) is 16.8. The Balaban J connectivity index is 1.48. The first-order chi connectivity index (χ1) is 14.8. The summed E-state index contributed by atoms with van der Waals surface area (Å²) >= 11 is 0. The Morgan fingerprint density at radius 1 is 1.16 bits per heavy atom. The van der Waals surface area contributed by atoms with Crippen LogP contribution in [0.2, 0.25) is 0 Å². The number of rotatable bonds is 5. The maximum absolute atomic E-state index is 12.7. The van der Waals surface area contributed by atoms with Crippen LogP contribution >= 0.6 is 0 Å². The van der Waals surface area contributed by atoms with Gasteiger partial charge in [-0.05, 0) is 56.9 Å². The van der Waals surface area contributed by atoms with Crippen molar-refractivity contribution in [3.05, 3.63) is 65.6 Å². The predicted octanol–water partition coefficient (Wildman–Crippen LogP) is 5.17. The van der Waals surface area contributed by atoms with Crippen LogP contribution in [0.4, 0.5) is 18.9 Å². The van der Waals surface area contributed by atoms with Crippen molar-refractivity contribution < 1.29 is 22.7 Å². The number of ether oxygens (including phenoxy) is 1. The topological polar surface area (TPSA) is 69.0 Å². The summed E-state index contributed by atoms with van der Waals surface area (Å²) in [5, 5.41) is 6.93. The number of pyridine rings is 1. The fraction of sp³-hybridized carbons (Fsp3) is 0.318. The molecule has 4 rings (SSSR count). The van der Waals surface area contributed by atoms with E-state index in [4.69, 9.17) is 4.74 Å². The van der Waals surface area contributed by atoms with Crippen LogP contribution in [0.25, 0.3) is 5.82 Å². The maximum atomic E-state index is 12.7. The van der Waals surface area contributed by atoms with Gasteiger partial charge in [0.15, 0.2) is 5.82 Å². The Morgan fingerprint density at radius 3 is 2.61 bits per heavy atom. The number of aromatic nitrogens is 3. The molecule has 0 saturated heterocycles. The Kier molecular flexibility index (Phi) is 5.67. The van der Waals surface area contributed by atoms with Crippen LogP contribution in [0.15, 0.2) is 48.8 Å². The van der Waals surface area contributed by atoms with Crippen molar-refractivity contribution >= 4 is 11.6 Å². The van der Waals surface area contributed by atoms with E-state index in [0.29, 0.717) is 22.7 Å². The summed E-state index contributed by atoms with van der Waals surface area (Å²) < 4.78 is 45.5. The number of nitrogens with zero attached hydrogens (tertiary/aromatic N) is 3. The molecule has 6 nitrogen and oxygen atoms in total. The summed E-state index contributed by atoms with van der Waals surface area (Å²) in [4.78, 5) is 16.6. The van der Waals surface area contributed by atoms with Gasteiger partial charge in [-0.1, -0.05) is 6.07 Å². The van der Waals surface area contributed by atoms with Crippen LogP contribution in [-0.4, -0.2) is 26.8 Å². The van der Waals surface area contributed by atoms with Crippen LogP contribution in [0.1, 0.15) is 47.3 Å². The fourth-order valence-corrected chi connectivity index (χ4v) is 3.59. The van der Waals surface area contributed by atoms with Gasteiger partial charge in [0.2, 0.25) is 0 Å². The quantitative estimate of drug-likeness (QED) is 0.607. The molecule has 0 spiro atoms. The molecular weight excluding hydrogens is 409 g/mol. The molecule has 0 bridgehead atoms. The fourth-order valence-electron chi connectivity index (χ4n) is 3.59. The Hall–Kier alpha value is -3.36. The van der Waals surface area contributed by atoms with Gasteiger partial charge in [-0.2, -0.15) is 18.3 Å². The van der Waals surface area contributed by atoms with Gasteiger partial charge >= 0.3 is 6.18 Å². The molecule has 9 heteroatoms. The van der Waals surface area contributed by atoms with E-state index in [-0.39, 0.29) is 17.8 Å². The molecule has 1 aliphatic rings. The zero-order valence-corrected chi connectivity index (χ0v) is 16.8. The minimum Gasteiger partial charge on any atom is -0.490 e. The summed E-state index contributed by atoms with van der Waals surface area (Å²) in [6, 6.07) is 9.34. The van der Waals surface area contributed by atoms with Crippen molar-refractivity contribution in [2.75, 3.05) is 5.32 Å². The second-order valence-corrected chi connectivity index (χ2v) is 7.46. The molecule has 0 atom stereocenters. The third-order valence-corrected chi connectivity index (χ3v) is 5.24. The van der Waals surface area contributed by atoms with Gasteiger partial charge in [0.1, 0.15) is 5.75 Å². The molecule has 3 aromatic rings. The first kappa shape index (κ1) is 20.9. The van der Waals surface area contributed by atoms with Crippen molar-refractivity contribution in [1.82, 2.24) is 14.8 Å². The van der Waals surface area contributed by atoms with Crippen molar-refractivity contribution in [2.24, 2.45) is 0 Å². The number of anilines is 1. The normalized spacial score (nSPS) is 14.6. The molecule has 0 unspecified atom stereocenters. The molecule has 1 amide bonds. The Morgan fingerprint density at radius 2 is 1.94 bits per heavy atom. The largest absolute Gasteiger partial charge is 0.490 e. The summed E-state index contributed by atoms with van der Waals surface area (Å²) in [5.74, 6) is 0.510. The lowest BCUT2D eigenvalue weighted by Crippen LogP contribution is -2.14. The lowest BCUT2D eigenvalue weighted by Gasteiger charge is -2.14. The zero-order chi connectivity index (χ0) is 22.0. The van der Waals surface area contributed by atoms with E-state index in [0.717, 1.165) is 37.9 Å². The van der Waals surface area contributed by atoms with E-state index in [2.05, 4.69) is 15.4 Å². The molecule has 1 aliphatic carbocycles. The number of alkyl halides is 3. The molecule has 1 saturated carbocycles. The third kappa shape index (κ3) is 4.70. The molecule has 1 fully saturated rings. The van der Waals surface area contributed by atoms with Gasteiger partial charge in [0.05, 0.1) is 29.1 Å². The van der Waals surface area contributed by atoms with Gasteiger partial charge in [0, 0.05) is 18.0 Å². The predicted molar refractivity (Wildman–Crippen MR) is 108 cm³/mol. The highest BCUT2D eigenvalue weighted by Crippen LogP contribution is 2.29. The van der Waals surface area contributed by atoms with Crippen LogP contribution in [0, 0.1) is 6.92 Å². The molecule has 2 heterocycles. The average molecular weight is 430 g/mol. The van der Waals surface area contributed by atoms with Crippen molar-refractivity contribution in [2.45, 2.75) is 44.9 Å². The molecule has 1 N–H and O–H groups in total. The molecule has 162 valence electrons. The minimum atomic E-state index is -4.47. The minimum absolute atomic E-state index is 0.191. The van der Waals surface area contributed by atoms with Gasteiger partial charge in [-0.25, -0.2) is 9.67 Å². The van der Waals surface area contributed by atoms with E-state index in [1.807, 2.05) is 12.1 Å². The Labute approximate surface area is 177 Å². The van der Waals surface area contributed by atoms with Crippen molar-refractivity contribution in [3.8, 4) is 11.6 Å². The molecular formula is C22H21F3N4O2. The lowest BCUT2D eigenvalue weighted by atomic mass is 10.2. The number of benzene rings is 1. The number of hydrogen-bond donors (Lipinski definition) is 1. The van der Waals surface area contributed by atoms with Crippen LogP contribution in [0.3, 0.4) is 0 Å².